The van der Waals surface area contributed by atoms with Gasteiger partial charge in [0.25, 0.3) is 0 Å². The first-order valence-electron chi connectivity index (χ1n) is 10.2. The third kappa shape index (κ3) is 6.26. The molecule has 1 heterocycles. The van der Waals surface area contributed by atoms with Crippen molar-refractivity contribution < 1.29 is 32.2 Å². The first kappa shape index (κ1) is 24.1. The summed E-state index contributed by atoms with van der Waals surface area (Å²) in [5, 5.41) is 12.4. The number of aliphatic hydroxyl groups is 1. The van der Waals surface area contributed by atoms with Crippen molar-refractivity contribution in [3.8, 4) is 5.75 Å². The molecule has 1 saturated heterocycles. The highest BCUT2D eigenvalue weighted by Crippen LogP contribution is 2.24. The Morgan fingerprint density at radius 1 is 1.19 bits per heavy atom. The largest absolute Gasteiger partial charge is 0.497 e. The van der Waals surface area contributed by atoms with Crippen molar-refractivity contribution in [3.63, 3.8) is 0 Å². The molecule has 1 amide bonds. The maximum Gasteiger partial charge on any atom is 0.240 e. The lowest BCUT2D eigenvalue weighted by molar-refractivity contribution is -0.130. The van der Waals surface area contributed by atoms with Crippen molar-refractivity contribution in [1.29, 1.82) is 0 Å². The van der Waals surface area contributed by atoms with Crippen LogP contribution in [-0.2, 0) is 26.1 Å². The molecule has 0 radical (unpaired) electrons. The van der Waals surface area contributed by atoms with E-state index < -0.39 is 40.7 Å². The maximum atomic E-state index is 13.7. The Kier molecular flexibility index (Phi) is 8.19. The zero-order valence-corrected chi connectivity index (χ0v) is 18.5. The summed E-state index contributed by atoms with van der Waals surface area (Å²) in [5.41, 5.74) is 0.381. The van der Waals surface area contributed by atoms with Gasteiger partial charge < -0.3 is 19.9 Å². The van der Waals surface area contributed by atoms with Gasteiger partial charge in [0.05, 0.1) is 43.3 Å². The van der Waals surface area contributed by atoms with Crippen LogP contribution in [-0.4, -0.2) is 51.4 Å². The Morgan fingerprint density at radius 3 is 2.56 bits per heavy atom. The molecular weight excluding hydrogens is 439 g/mol. The van der Waals surface area contributed by atoms with E-state index >= 15 is 0 Å². The highest BCUT2D eigenvalue weighted by molar-refractivity contribution is 7.89. The average molecular weight is 467 g/mol. The number of ether oxygens (including phenoxy) is 2. The molecule has 10 heteroatoms. The lowest BCUT2D eigenvalue weighted by Gasteiger charge is -2.35. The van der Waals surface area contributed by atoms with E-state index in [-0.39, 0.29) is 23.8 Å². The van der Waals surface area contributed by atoms with Crippen LogP contribution in [0.5, 0.6) is 5.75 Å². The number of rotatable bonds is 9. The van der Waals surface area contributed by atoms with E-state index in [1.165, 1.54) is 25.3 Å². The number of aliphatic hydroxyl groups excluding tert-OH is 1. The van der Waals surface area contributed by atoms with Crippen LogP contribution in [0.25, 0.3) is 0 Å². The van der Waals surface area contributed by atoms with Gasteiger partial charge in [-0.15, -0.1) is 0 Å². The van der Waals surface area contributed by atoms with Crippen LogP contribution in [0.3, 0.4) is 0 Å². The van der Waals surface area contributed by atoms with Gasteiger partial charge in [-0.25, -0.2) is 17.5 Å². The van der Waals surface area contributed by atoms with E-state index in [2.05, 4.69) is 10.0 Å². The van der Waals surface area contributed by atoms with Crippen molar-refractivity contribution in [2.24, 2.45) is 0 Å². The maximum absolute atomic E-state index is 13.7. The average Bonchev–Trinajstić information content (AvgIpc) is 2.79. The van der Waals surface area contributed by atoms with Crippen molar-refractivity contribution in [2.45, 2.75) is 49.0 Å². The van der Waals surface area contributed by atoms with Crippen LogP contribution in [0, 0.1) is 5.82 Å². The predicted molar refractivity (Wildman–Crippen MR) is 115 cm³/mol. The van der Waals surface area contributed by atoms with Crippen LogP contribution < -0.4 is 14.8 Å². The molecule has 0 saturated carbocycles. The topological polar surface area (TPSA) is 114 Å². The molecule has 1 fully saturated rings. The van der Waals surface area contributed by atoms with E-state index in [0.29, 0.717) is 24.2 Å². The number of sulfonamides is 1. The number of nitrogens with one attached hydrogen (secondary N) is 2. The summed E-state index contributed by atoms with van der Waals surface area (Å²) in [7, 11) is -2.33. The van der Waals surface area contributed by atoms with E-state index in [1.54, 1.807) is 30.3 Å². The zero-order valence-electron chi connectivity index (χ0n) is 17.7. The standard InChI is InChI=1S/C22H27FN2O6S/c1-30-16-6-9-18(10-7-16)32(28,29)25-20-11-8-17(31-21(20)14-26)12-22(27)24-13-15-4-2-3-5-19(15)23/h2-7,9-10,17,20-21,25-26H,8,11-14H2,1H3,(H,24,27)/t17-,20-,21+/m1/s1. The van der Waals surface area contributed by atoms with Crippen molar-refractivity contribution in [1.82, 2.24) is 10.0 Å². The first-order chi connectivity index (χ1) is 15.3. The molecular formula is C22H27FN2O6S. The van der Waals surface area contributed by atoms with Gasteiger partial charge in [-0.1, -0.05) is 18.2 Å². The van der Waals surface area contributed by atoms with Crippen molar-refractivity contribution in [2.75, 3.05) is 13.7 Å². The van der Waals surface area contributed by atoms with Crippen LogP contribution in [0.4, 0.5) is 4.39 Å². The summed E-state index contributed by atoms with van der Waals surface area (Å²) in [6, 6.07) is 11.5. The SMILES string of the molecule is COc1ccc(S(=O)(=O)N[C@@H]2CC[C@H](CC(=O)NCc3ccccc3F)O[C@H]2CO)cc1. The van der Waals surface area contributed by atoms with Gasteiger partial charge in [-0.3, -0.25) is 4.79 Å². The summed E-state index contributed by atoms with van der Waals surface area (Å²) in [4.78, 5) is 12.3. The molecule has 8 nitrogen and oxygen atoms in total. The first-order valence-corrected chi connectivity index (χ1v) is 11.7. The minimum absolute atomic E-state index is 0.0307. The van der Waals surface area contributed by atoms with E-state index in [9.17, 15) is 22.7 Å². The quantitative estimate of drug-likeness (QED) is 0.519. The Labute approximate surface area is 186 Å². The Hall–Kier alpha value is -2.53. The molecule has 3 atom stereocenters. The number of hydrogen-bond donors (Lipinski definition) is 3. The van der Waals surface area contributed by atoms with Crippen LogP contribution >= 0.6 is 0 Å². The molecule has 1 aliphatic heterocycles. The van der Waals surface area contributed by atoms with Gasteiger partial charge in [-0.2, -0.15) is 0 Å². The molecule has 0 spiro atoms. The van der Waals surface area contributed by atoms with Gasteiger partial charge >= 0.3 is 0 Å². The monoisotopic (exact) mass is 466 g/mol. The fourth-order valence-corrected chi connectivity index (χ4v) is 4.85. The van der Waals surface area contributed by atoms with Gasteiger partial charge in [0, 0.05) is 12.1 Å². The summed E-state index contributed by atoms with van der Waals surface area (Å²) in [6.45, 7) is -0.338. The predicted octanol–water partition coefficient (Wildman–Crippen LogP) is 1.73. The van der Waals surface area contributed by atoms with Gasteiger partial charge in [-0.05, 0) is 43.2 Å². The summed E-state index contributed by atoms with van der Waals surface area (Å²) in [6.07, 6.45) is -0.413. The Bertz CT molecular complexity index is 1020. The second-order valence-electron chi connectivity index (χ2n) is 7.53. The zero-order chi connectivity index (χ0) is 23.1. The van der Waals surface area contributed by atoms with E-state index in [1.807, 2.05) is 0 Å². The molecule has 32 heavy (non-hydrogen) atoms. The fourth-order valence-electron chi connectivity index (χ4n) is 3.55. The second kappa shape index (κ2) is 10.9. The third-order valence-electron chi connectivity index (χ3n) is 5.32. The second-order valence-corrected chi connectivity index (χ2v) is 9.25. The normalized spacial score (nSPS) is 21.2. The summed E-state index contributed by atoms with van der Waals surface area (Å²) in [5.74, 6) is -0.171. The Morgan fingerprint density at radius 2 is 1.91 bits per heavy atom. The number of halogens is 1. The van der Waals surface area contributed by atoms with Crippen LogP contribution in [0.2, 0.25) is 0 Å². The van der Waals surface area contributed by atoms with E-state index in [4.69, 9.17) is 9.47 Å². The van der Waals surface area contributed by atoms with E-state index in [0.717, 1.165) is 0 Å². The number of amides is 1. The molecule has 2 aromatic carbocycles. The van der Waals surface area contributed by atoms with Gasteiger partial charge in [0.1, 0.15) is 11.6 Å². The summed E-state index contributed by atoms with van der Waals surface area (Å²) < 4.78 is 52.4. The molecule has 0 unspecified atom stereocenters. The lowest BCUT2D eigenvalue weighted by Crippen LogP contribution is -2.51. The third-order valence-corrected chi connectivity index (χ3v) is 6.82. The molecule has 3 N–H and O–H groups in total. The molecule has 0 bridgehead atoms. The smallest absolute Gasteiger partial charge is 0.240 e. The number of carbonyl (C=O) groups is 1. The molecule has 174 valence electrons. The van der Waals surface area contributed by atoms with Crippen LogP contribution in [0.15, 0.2) is 53.4 Å². The van der Waals surface area contributed by atoms with Crippen LogP contribution in [0.1, 0.15) is 24.8 Å². The molecule has 2 aromatic rings. The minimum atomic E-state index is -3.82. The van der Waals surface area contributed by atoms with Gasteiger partial charge in [0.2, 0.25) is 15.9 Å². The summed E-state index contributed by atoms with van der Waals surface area (Å²) >= 11 is 0. The molecule has 0 aliphatic carbocycles. The van der Waals surface area contributed by atoms with Crippen molar-refractivity contribution >= 4 is 15.9 Å². The number of hydrogen-bond acceptors (Lipinski definition) is 6. The van der Waals surface area contributed by atoms with Crippen molar-refractivity contribution in [3.05, 3.63) is 59.9 Å². The number of benzene rings is 2. The molecule has 1 aliphatic rings. The van der Waals surface area contributed by atoms with Gasteiger partial charge in [0.15, 0.2) is 0 Å². The lowest BCUT2D eigenvalue weighted by atomic mass is 9.98. The molecule has 3 rings (SSSR count). The minimum Gasteiger partial charge on any atom is -0.497 e. The highest BCUT2D eigenvalue weighted by atomic mass is 32.2. The Balaban J connectivity index is 1.53. The fraction of sp³-hybridized carbons (Fsp3) is 0.409. The number of methoxy groups -OCH3 is 1. The number of carbonyl (C=O) groups excluding carboxylic acids is 1. The highest BCUT2D eigenvalue weighted by Gasteiger charge is 2.34. The molecule has 0 aromatic heterocycles.